The van der Waals surface area contributed by atoms with E-state index in [2.05, 4.69) is 11.2 Å². The molecule has 0 aliphatic carbocycles. The van der Waals surface area contributed by atoms with E-state index < -0.39 is 0 Å². The molecule has 0 aromatic rings. The van der Waals surface area contributed by atoms with E-state index in [1.165, 1.54) is 0 Å². The van der Waals surface area contributed by atoms with Crippen LogP contribution in [-0.2, 0) is 4.79 Å². The Labute approximate surface area is 59.4 Å². The number of hydrogen-bond acceptors (Lipinski definition) is 2. The molecule has 0 aromatic carbocycles. The van der Waals surface area contributed by atoms with Crippen molar-refractivity contribution in [2.45, 2.75) is 5.25 Å². The first-order valence-electron chi connectivity index (χ1n) is 2.51. The second kappa shape index (κ2) is 5.52. The van der Waals surface area contributed by atoms with E-state index in [-0.39, 0.29) is 5.25 Å². The number of terminal acetylenes is 1. The van der Waals surface area contributed by atoms with Crippen LogP contribution in [-0.4, -0.2) is 24.5 Å². The van der Waals surface area contributed by atoms with Crippen LogP contribution >= 0.6 is 11.8 Å². The van der Waals surface area contributed by atoms with Gasteiger partial charge in [0.1, 0.15) is 0 Å². The zero-order valence-electron chi connectivity index (χ0n) is 5.26. The highest BCUT2D eigenvalue weighted by atomic mass is 32.2. The van der Waals surface area contributed by atoms with Gasteiger partial charge in [0, 0.05) is 6.54 Å². The summed E-state index contributed by atoms with van der Waals surface area (Å²) in [6.07, 6.45) is 7.66. The maximum atomic E-state index is 9.75. The van der Waals surface area contributed by atoms with Gasteiger partial charge >= 0.3 is 0 Å². The first kappa shape index (κ1) is 8.38. The zero-order valence-corrected chi connectivity index (χ0v) is 6.07. The Morgan fingerprint density at radius 3 is 3.00 bits per heavy atom. The number of thioether (sulfide) groups is 1. The minimum Gasteiger partial charge on any atom is -0.357 e. The molecule has 0 fully saturated rings. The summed E-state index contributed by atoms with van der Waals surface area (Å²) in [6, 6.07) is 0. The molecule has 0 aliphatic rings. The average Bonchev–Trinajstić information content (AvgIpc) is 1.91. The summed E-state index contributed by atoms with van der Waals surface area (Å²) in [5.74, 6) is 2.53. The fourth-order valence-corrected chi connectivity index (χ4v) is 0.764. The lowest BCUT2D eigenvalue weighted by Gasteiger charge is -2.03. The molecule has 0 aliphatic heterocycles. The van der Waals surface area contributed by atoms with E-state index in [4.69, 9.17) is 6.42 Å². The molecule has 1 amide bonds. The largest absolute Gasteiger partial charge is 0.357 e. The molecule has 0 bridgehead atoms. The number of amides is 1. The van der Waals surface area contributed by atoms with Crippen molar-refractivity contribution in [3.63, 3.8) is 0 Å². The molecular weight excluding hydrogens is 134 g/mol. The van der Waals surface area contributed by atoms with Gasteiger partial charge < -0.3 is 5.32 Å². The molecule has 2 nitrogen and oxygen atoms in total. The topological polar surface area (TPSA) is 29.1 Å². The van der Waals surface area contributed by atoms with E-state index in [0.29, 0.717) is 13.0 Å². The van der Waals surface area contributed by atoms with Crippen LogP contribution in [0.25, 0.3) is 0 Å². The summed E-state index contributed by atoms with van der Waals surface area (Å²) in [6.45, 7) is 0.557. The molecule has 3 heteroatoms. The van der Waals surface area contributed by atoms with Gasteiger partial charge in [0.15, 0.2) is 0 Å². The summed E-state index contributed by atoms with van der Waals surface area (Å²) in [4.78, 5) is 9.75. The van der Waals surface area contributed by atoms with Gasteiger partial charge in [0.25, 0.3) is 0 Å². The van der Waals surface area contributed by atoms with Crippen LogP contribution in [0.5, 0.6) is 0 Å². The van der Waals surface area contributed by atoms with Gasteiger partial charge in [-0.1, -0.05) is 5.92 Å². The molecule has 0 saturated carbocycles. The Hall–Kier alpha value is -0.620. The lowest BCUT2D eigenvalue weighted by atomic mass is 10.4. The van der Waals surface area contributed by atoms with Gasteiger partial charge in [-0.2, -0.15) is 0 Å². The van der Waals surface area contributed by atoms with E-state index >= 15 is 0 Å². The van der Waals surface area contributed by atoms with Crippen molar-refractivity contribution in [3.8, 4) is 12.3 Å². The molecule has 1 unspecified atom stereocenters. The third kappa shape index (κ3) is 3.92. The van der Waals surface area contributed by atoms with E-state index in [0.717, 1.165) is 0 Å². The maximum absolute atomic E-state index is 9.75. The van der Waals surface area contributed by atoms with Crippen molar-refractivity contribution < 1.29 is 4.79 Å². The smallest absolute Gasteiger partial charge is 0.207 e. The van der Waals surface area contributed by atoms with E-state index in [1.54, 1.807) is 11.8 Å². The van der Waals surface area contributed by atoms with Crippen molar-refractivity contribution in [1.29, 1.82) is 0 Å². The summed E-state index contributed by atoms with van der Waals surface area (Å²) in [5, 5.41) is 2.61. The second-order valence-corrected chi connectivity index (χ2v) is 2.46. The highest BCUT2D eigenvalue weighted by Gasteiger charge is 1.98. The Kier molecular flexibility index (Phi) is 5.14. The van der Waals surface area contributed by atoms with Gasteiger partial charge in [0.05, 0.1) is 5.25 Å². The van der Waals surface area contributed by atoms with Crippen LogP contribution in [0, 0.1) is 12.3 Å². The first-order valence-corrected chi connectivity index (χ1v) is 3.80. The standard InChI is InChI=1S/C6H9NOS/c1-3-6(9-2)4-7-5-8/h1,5-6H,4H2,2H3,(H,7,8). The molecule has 1 N–H and O–H groups in total. The number of carbonyl (C=O) groups is 1. The Balaban J connectivity index is 3.34. The van der Waals surface area contributed by atoms with Crippen molar-refractivity contribution >= 4 is 18.2 Å². The van der Waals surface area contributed by atoms with Gasteiger partial charge in [-0.25, -0.2) is 0 Å². The lowest BCUT2D eigenvalue weighted by molar-refractivity contribution is -0.109. The monoisotopic (exact) mass is 143 g/mol. The van der Waals surface area contributed by atoms with Crippen molar-refractivity contribution in [3.05, 3.63) is 0 Å². The van der Waals surface area contributed by atoms with E-state index in [1.807, 2.05) is 6.26 Å². The maximum Gasteiger partial charge on any atom is 0.207 e. The number of carbonyl (C=O) groups excluding carboxylic acids is 1. The zero-order chi connectivity index (χ0) is 7.11. The molecule has 0 heterocycles. The molecule has 0 spiro atoms. The fourth-order valence-electron chi connectivity index (χ4n) is 0.365. The summed E-state index contributed by atoms with van der Waals surface area (Å²) >= 11 is 1.55. The fraction of sp³-hybridized carbons (Fsp3) is 0.500. The molecule has 1 atom stereocenters. The van der Waals surface area contributed by atoms with Crippen molar-refractivity contribution in [2.24, 2.45) is 0 Å². The molecule has 0 rings (SSSR count). The average molecular weight is 143 g/mol. The number of hydrogen-bond donors (Lipinski definition) is 1. The van der Waals surface area contributed by atoms with Crippen LogP contribution in [0.15, 0.2) is 0 Å². The number of nitrogens with one attached hydrogen (secondary N) is 1. The third-order valence-corrected chi connectivity index (χ3v) is 1.73. The Bertz CT molecular complexity index is 119. The molecule has 0 radical (unpaired) electrons. The third-order valence-electron chi connectivity index (χ3n) is 0.857. The van der Waals surface area contributed by atoms with Crippen LogP contribution in [0.1, 0.15) is 0 Å². The quantitative estimate of drug-likeness (QED) is 0.446. The predicted molar refractivity (Wildman–Crippen MR) is 40.2 cm³/mol. The second-order valence-electron chi connectivity index (χ2n) is 1.42. The van der Waals surface area contributed by atoms with Crippen molar-refractivity contribution in [2.75, 3.05) is 12.8 Å². The molecule has 9 heavy (non-hydrogen) atoms. The lowest BCUT2D eigenvalue weighted by Crippen LogP contribution is -2.21. The van der Waals surface area contributed by atoms with Crippen LogP contribution in [0.3, 0.4) is 0 Å². The summed E-state index contributed by atoms with van der Waals surface area (Å²) < 4.78 is 0. The highest BCUT2D eigenvalue weighted by molar-refractivity contribution is 7.99. The van der Waals surface area contributed by atoms with E-state index in [9.17, 15) is 4.79 Å². The van der Waals surface area contributed by atoms with Gasteiger partial charge in [-0.3, -0.25) is 4.79 Å². The number of rotatable bonds is 4. The minimum absolute atomic E-state index is 0.107. The predicted octanol–water partition coefficient (Wildman–Crippen LogP) is 0.0972. The van der Waals surface area contributed by atoms with Crippen LogP contribution in [0.2, 0.25) is 0 Å². The normalized spacial score (nSPS) is 11.6. The summed E-state index contributed by atoms with van der Waals surface area (Å²) in [7, 11) is 0. The van der Waals surface area contributed by atoms with Crippen LogP contribution < -0.4 is 5.32 Å². The van der Waals surface area contributed by atoms with Gasteiger partial charge in [-0.15, -0.1) is 18.2 Å². The molecule has 0 aromatic heterocycles. The molecule has 50 valence electrons. The molecular formula is C6H9NOS. The molecule has 0 saturated heterocycles. The van der Waals surface area contributed by atoms with Crippen molar-refractivity contribution in [1.82, 2.24) is 5.32 Å². The SMILES string of the molecule is C#CC(CNC=O)SC. The Morgan fingerprint density at radius 1 is 2.00 bits per heavy atom. The minimum atomic E-state index is 0.107. The van der Waals surface area contributed by atoms with Gasteiger partial charge in [0.2, 0.25) is 6.41 Å². The van der Waals surface area contributed by atoms with Crippen LogP contribution in [0.4, 0.5) is 0 Å². The highest BCUT2D eigenvalue weighted by Crippen LogP contribution is 2.01. The first-order chi connectivity index (χ1) is 4.35. The summed E-state index contributed by atoms with van der Waals surface area (Å²) in [5.41, 5.74) is 0. The Morgan fingerprint density at radius 2 is 2.67 bits per heavy atom. The van der Waals surface area contributed by atoms with Gasteiger partial charge in [-0.05, 0) is 6.26 Å².